The van der Waals surface area contributed by atoms with E-state index in [9.17, 15) is 14.0 Å². The van der Waals surface area contributed by atoms with Crippen molar-refractivity contribution in [3.05, 3.63) is 29.1 Å². The number of halogens is 1. The van der Waals surface area contributed by atoms with Crippen molar-refractivity contribution in [3.63, 3.8) is 0 Å². The second kappa shape index (κ2) is 6.50. The predicted molar refractivity (Wildman–Crippen MR) is 67.9 cm³/mol. The first-order valence-electron chi connectivity index (χ1n) is 5.64. The van der Waals surface area contributed by atoms with Crippen LogP contribution in [0.2, 0.25) is 0 Å². The SMILES string of the molecule is Cc1ccc(N(C)CCC(=O)NC=O)c(F)c1C#N. The van der Waals surface area contributed by atoms with Crippen LogP contribution in [-0.4, -0.2) is 25.9 Å². The van der Waals surface area contributed by atoms with Gasteiger partial charge in [-0.3, -0.25) is 14.9 Å². The number of amides is 2. The zero-order valence-corrected chi connectivity index (χ0v) is 10.7. The molecule has 0 saturated carbocycles. The highest BCUT2D eigenvalue weighted by Gasteiger charge is 2.14. The number of hydrogen-bond donors (Lipinski definition) is 1. The molecular formula is C13H14FN3O2. The Kier molecular flexibility index (Phi) is 5.01. The van der Waals surface area contributed by atoms with Gasteiger partial charge in [0.25, 0.3) is 0 Å². The largest absolute Gasteiger partial charge is 0.372 e. The minimum atomic E-state index is -0.596. The highest BCUT2D eigenvalue weighted by atomic mass is 19.1. The van der Waals surface area contributed by atoms with E-state index in [1.54, 1.807) is 26.1 Å². The average molecular weight is 263 g/mol. The maximum absolute atomic E-state index is 14.0. The van der Waals surface area contributed by atoms with Gasteiger partial charge in [0.15, 0.2) is 5.82 Å². The lowest BCUT2D eigenvalue weighted by Gasteiger charge is -2.20. The van der Waals surface area contributed by atoms with E-state index in [4.69, 9.17) is 5.26 Å². The van der Waals surface area contributed by atoms with Gasteiger partial charge in [0.05, 0.1) is 11.3 Å². The van der Waals surface area contributed by atoms with Crippen LogP contribution in [0, 0.1) is 24.1 Å². The standard InChI is InChI=1S/C13H14FN3O2/c1-9-3-4-11(13(14)10(9)7-15)17(2)6-5-12(19)16-8-18/h3-4,8H,5-6H2,1-2H3,(H,16,18,19). The Balaban J connectivity index is 2.84. The molecule has 0 fully saturated rings. The van der Waals surface area contributed by atoms with Crippen LogP contribution in [0.15, 0.2) is 12.1 Å². The summed E-state index contributed by atoms with van der Waals surface area (Å²) in [6.45, 7) is 1.90. The van der Waals surface area contributed by atoms with Gasteiger partial charge in [-0.1, -0.05) is 6.07 Å². The summed E-state index contributed by atoms with van der Waals surface area (Å²) < 4.78 is 14.0. The summed E-state index contributed by atoms with van der Waals surface area (Å²) in [6.07, 6.45) is 0.368. The number of carbonyl (C=O) groups is 2. The van der Waals surface area contributed by atoms with Gasteiger partial charge in [0.2, 0.25) is 12.3 Å². The predicted octanol–water partition coefficient (Wildman–Crippen LogP) is 1.10. The van der Waals surface area contributed by atoms with Crippen LogP contribution in [0.4, 0.5) is 10.1 Å². The number of aryl methyl sites for hydroxylation is 1. The summed E-state index contributed by atoms with van der Waals surface area (Å²) in [7, 11) is 1.61. The van der Waals surface area contributed by atoms with Gasteiger partial charge in [-0.25, -0.2) is 4.39 Å². The van der Waals surface area contributed by atoms with Gasteiger partial charge in [-0.15, -0.1) is 0 Å². The molecule has 1 aromatic rings. The summed E-state index contributed by atoms with van der Waals surface area (Å²) in [4.78, 5) is 22.7. The summed E-state index contributed by atoms with van der Waals surface area (Å²) in [5.41, 5.74) is 0.818. The molecule has 0 aliphatic carbocycles. The van der Waals surface area contributed by atoms with Gasteiger partial charge in [0.1, 0.15) is 6.07 Å². The Labute approximate surface area is 110 Å². The van der Waals surface area contributed by atoms with Gasteiger partial charge in [0, 0.05) is 20.0 Å². The summed E-state index contributed by atoms with van der Waals surface area (Å²) in [5.74, 6) is -1.03. The van der Waals surface area contributed by atoms with E-state index in [0.29, 0.717) is 12.0 Å². The molecule has 0 atom stereocenters. The Bertz CT molecular complexity index is 537. The van der Waals surface area contributed by atoms with E-state index < -0.39 is 11.7 Å². The van der Waals surface area contributed by atoms with E-state index in [2.05, 4.69) is 0 Å². The molecule has 0 aromatic heterocycles. The lowest BCUT2D eigenvalue weighted by molar-refractivity contribution is -0.125. The van der Waals surface area contributed by atoms with Crippen LogP contribution in [0.1, 0.15) is 17.5 Å². The van der Waals surface area contributed by atoms with Gasteiger partial charge in [-0.2, -0.15) is 5.26 Å². The van der Waals surface area contributed by atoms with Crippen molar-refractivity contribution in [1.29, 1.82) is 5.26 Å². The molecular weight excluding hydrogens is 249 g/mol. The molecule has 0 aliphatic rings. The van der Waals surface area contributed by atoms with Crippen molar-refractivity contribution in [2.75, 3.05) is 18.5 Å². The lowest BCUT2D eigenvalue weighted by Crippen LogP contribution is -2.28. The van der Waals surface area contributed by atoms with Crippen molar-refractivity contribution < 1.29 is 14.0 Å². The van der Waals surface area contributed by atoms with Crippen LogP contribution in [-0.2, 0) is 9.59 Å². The highest BCUT2D eigenvalue weighted by molar-refractivity contribution is 5.86. The number of carbonyl (C=O) groups excluding carboxylic acids is 2. The zero-order chi connectivity index (χ0) is 14.4. The summed E-state index contributed by atoms with van der Waals surface area (Å²) in [5, 5.41) is 10.9. The van der Waals surface area contributed by atoms with Crippen molar-refractivity contribution in [1.82, 2.24) is 5.32 Å². The first-order valence-corrected chi connectivity index (χ1v) is 5.64. The molecule has 100 valence electrons. The third-order valence-electron chi connectivity index (χ3n) is 2.75. The maximum Gasteiger partial charge on any atom is 0.228 e. The molecule has 0 saturated heterocycles. The third kappa shape index (κ3) is 3.52. The summed E-state index contributed by atoms with van der Waals surface area (Å²) >= 11 is 0. The monoisotopic (exact) mass is 263 g/mol. The van der Waals surface area contributed by atoms with E-state index in [-0.39, 0.29) is 24.2 Å². The minimum absolute atomic E-state index is 0.00157. The third-order valence-corrected chi connectivity index (χ3v) is 2.75. The molecule has 1 N–H and O–H groups in total. The number of nitriles is 1. The Hall–Kier alpha value is -2.42. The fourth-order valence-electron chi connectivity index (χ4n) is 1.62. The van der Waals surface area contributed by atoms with Crippen molar-refractivity contribution in [3.8, 4) is 6.07 Å². The second-order valence-corrected chi connectivity index (χ2v) is 4.06. The van der Waals surface area contributed by atoms with Crippen LogP contribution in [0.5, 0.6) is 0 Å². The van der Waals surface area contributed by atoms with Gasteiger partial charge in [-0.05, 0) is 18.6 Å². The quantitative estimate of drug-likeness (QED) is 0.807. The van der Waals surface area contributed by atoms with Crippen LogP contribution in [0.3, 0.4) is 0 Å². The molecule has 6 heteroatoms. The molecule has 5 nitrogen and oxygen atoms in total. The number of nitrogens with one attached hydrogen (secondary N) is 1. The molecule has 0 unspecified atom stereocenters. The van der Waals surface area contributed by atoms with Crippen LogP contribution in [0.25, 0.3) is 0 Å². The molecule has 0 radical (unpaired) electrons. The topological polar surface area (TPSA) is 73.2 Å². The molecule has 0 aliphatic heterocycles. The zero-order valence-electron chi connectivity index (χ0n) is 10.7. The smallest absolute Gasteiger partial charge is 0.228 e. The van der Waals surface area contributed by atoms with E-state index in [1.807, 2.05) is 11.4 Å². The molecule has 0 heterocycles. The molecule has 1 rings (SSSR count). The molecule has 1 aromatic carbocycles. The maximum atomic E-state index is 14.0. The normalized spacial score (nSPS) is 9.58. The first-order chi connectivity index (χ1) is 9.01. The minimum Gasteiger partial charge on any atom is -0.372 e. The fraction of sp³-hybridized carbons (Fsp3) is 0.308. The van der Waals surface area contributed by atoms with Gasteiger partial charge >= 0.3 is 0 Å². The molecule has 2 amide bonds. The number of imide groups is 1. The molecule has 0 spiro atoms. The number of anilines is 1. The fourth-order valence-corrected chi connectivity index (χ4v) is 1.62. The molecule has 19 heavy (non-hydrogen) atoms. The van der Waals surface area contributed by atoms with Crippen molar-refractivity contribution in [2.45, 2.75) is 13.3 Å². The van der Waals surface area contributed by atoms with Crippen molar-refractivity contribution >= 4 is 18.0 Å². The number of hydrogen-bond acceptors (Lipinski definition) is 4. The van der Waals surface area contributed by atoms with E-state index >= 15 is 0 Å². The first kappa shape index (κ1) is 14.6. The number of rotatable bonds is 5. The number of nitrogens with zero attached hydrogens (tertiary/aromatic N) is 2. The highest BCUT2D eigenvalue weighted by Crippen LogP contribution is 2.23. The van der Waals surface area contributed by atoms with E-state index in [0.717, 1.165) is 0 Å². The Morgan fingerprint density at radius 2 is 2.26 bits per heavy atom. The van der Waals surface area contributed by atoms with E-state index in [1.165, 1.54) is 4.90 Å². The van der Waals surface area contributed by atoms with Crippen LogP contribution >= 0.6 is 0 Å². The van der Waals surface area contributed by atoms with Crippen molar-refractivity contribution in [2.24, 2.45) is 0 Å². The lowest BCUT2D eigenvalue weighted by atomic mass is 10.1. The number of benzene rings is 1. The van der Waals surface area contributed by atoms with Crippen LogP contribution < -0.4 is 10.2 Å². The average Bonchev–Trinajstić information content (AvgIpc) is 2.37. The second-order valence-electron chi connectivity index (χ2n) is 4.06. The molecule has 0 bridgehead atoms. The Morgan fingerprint density at radius 3 is 2.84 bits per heavy atom. The Morgan fingerprint density at radius 1 is 1.58 bits per heavy atom. The summed E-state index contributed by atoms with van der Waals surface area (Å²) in [6, 6.07) is 5.03. The van der Waals surface area contributed by atoms with Gasteiger partial charge < -0.3 is 4.90 Å².